The third-order valence-electron chi connectivity index (χ3n) is 1.81. The minimum atomic E-state index is 0.468. The zero-order valence-corrected chi connectivity index (χ0v) is 8.51. The Morgan fingerprint density at radius 3 is 2.86 bits per heavy atom. The first-order valence-electron chi connectivity index (χ1n) is 4.13. The second-order valence-corrected chi connectivity index (χ2v) is 3.67. The molecule has 2 rings (SSSR count). The summed E-state index contributed by atoms with van der Waals surface area (Å²) in [5.74, 6) is 1.19. The second-order valence-electron chi connectivity index (χ2n) is 2.92. The van der Waals surface area contributed by atoms with Crippen molar-refractivity contribution in [3.63, 3.8) is 0 Å². The van der Waals surface area contributed by atoms with Gasteiger partial charge in [0.2, 0.25) is 0 Å². The van der Waals surface area contributed by atoms with Gasteiger partial charge in [-0.3, -0.25) is 0 Å². The molecule has 0 amide bonds. The molecule has 2 heterocycles. The maximum Gasteiger partial charge on any atom is 0.135 e. The molecule has 0 spiro atoms. The van der Waals surface area contributed by atoms with Gasteiger partial charge in [0.05, 0.1) is 5.69 Å². The van der Waals surface area contributed by atoms with Crippen molar-refractivity contribution >= 4 is 28.7 Å². The van der Waals surface area contributed by atoms with Crippen LogP contribution < -0.4 is 11.1 Å². The molecule has 4 nitrogen and oxygen atoms in total. The van der Waals surface area contributed by atoms with Crippen molar-refractivity contribution in [2.75, 3.05) is 11.1 Å². The first kappa shape index (κ1) is 8.96. The zero-order valence-electron chi connectivity index (χ0n) is 7.69. The van der Waals surface area contributed by atoms with Crippen LogP contribution >= 0.6 is 11.3 Å². The first-order valence-corrected chi connectivity index (χ1v) is 5.07. The maximum absolute atomic E-state index is 5.54. The van der Waals surface area contributed by atoms with Crippen molar-refractivity contribution in [3.8, 4) is 0 Å². The van der Waals surface area contributed by atoms with Crippen molar-refractivity contribution in [1.82, 2.24) is 9.97 Å². The van der Waals surface area contributed by atoms with Gasteiger partial charge in [-0.15, -0.1) is 11.3 Å². The summed E-state index contributed by atoms with van der Waals surface area (Å²) in [5, 5.41) is 7.28. The van der Waals surface area contributed by atoms with E-state index in [1.165, 1.54) is 11.9 Å². The SMILES string of the molecule is Cc1cscc1Nc1cc(N)ncn1. The molecule has 5 heteroatoms. The van der Waals surface area contributed by atoms with Crippen molar-refractivity contribution in [3.05, 3.63) is 28.7 Å². The molecule has 72 valence electrons. The largest absolute Gasteiger partial charge is 0.384 e. The summed E-state index contributed by atoms with van der Waals surface area (Å²) in [6.07, 6.45) is 1.44. The molecule has 0 aromatic carbocycles. The first-order chi connectivity index (χ1) is 6.75. The lowest BCUT2D eigenvalue weighted by molar-refractivity contribution is 1.17. The van der Waals surface area contributed by atoms with E-state index in [9.17, 15) is 0 Å². The van der Waals surface area contributed by atoms with Gasteiger partial charge in [0, 0.05) is 11.4 Å². The number of aryl methyl sites for hydroxylation is 1. The third kappa shape index (κ3) is 1.82. The summed E-state index contributed by atoms with van der Waals surface area (Å²) in [7, 11) is 0. The van der Waals surface area contributed by atoms with Crippen LogP contribution in [0.15, 0.2) is 23.2 Å². The van der Waals surface area contributed by atoms with E-state index >= 15 is 0 Å². The van der Waals surface area contributed by atoms with Gasteiger partial charge in [-0.05, 0) is 17.9 Å². The van der Waals surface area contributed by atoms with Gasteiger partial charge in [-0.2, -0.15) is 0 Å². The number of thiophene rings is 1. The highest BCUT2D eigenvalue weighted by molar-refractivity contribution is 7.08. The fourth-order valence-electron chi connectivity index (χ4n) is 1.07. The molecule has 0 aliphatic rings. The molecular formula is C9H10N4S. The normalized spacial score (nSPS) is 10.1. The van der Waals surface area contributed by atoms with Gasteiger partial charge in [0.15, 0.2) is 0 Å². The van der Waals surface area contributed by atoms with Crippen LogP contribution in [0, 0.1) is 6.92 Å². The van der Waals surface area contributed by atoms with Gasteiger partial charge in [0.25, 0.3) is 0 Å². The maximum atomic E-state index is 5.54. The molecule has 2 aromatic heterocycles. The fourth-order valence-corrected chi connectivity index (χ4v) is 1.85. The van der Waals surface area contributed by atoms with E-state index in [1.54, 1.807) is 17.4 Å². The predicted molar refractivity (Wildman–Crippen MR) is 58.8 cm³/mol. The van der Waals surface area contributed by atoms with Gasteiger partial charge in [-0.1, -0.05) is 0 Å². The molecular weight excluding hydrogens is 196 g/mol. The lowest BCUT2D eigenvalue weighted by Crippen LogP contribution is -1.97. The summed E-state index contributed by atoms with van der Waals surface area (Å²) in [6.45, 7) is 2.05. The van der Waals surface area contributed by atoms with Crippen LogP contribution in [0.5, 0.6) is 0 Å². The lowest BCUT2D eigenvalue weighted by atomic mass is 10.3. The topological polar surface area (TPSA) is 63.8 Å². The van der Waals surface area contributed by atoms with Gasteiger partial charge < -0.3 is 11.1 Å². The Bertz CT molecular complexity index is 438. The van der Waals surface area contributed by atoms with Crippen LogP contribution in [-0.2, 0) is 0 Å². The number of nitrogens with zero attached hydrogens (tertiary/aromatic N) is 2. The molecule has 14 heavy (non-hydrogen) atoms. The van der Waals surface area contributed by atoms with E-state index in [0.717, 1.165) is 11.5 Å². The Balaban J connectivity index is 2.23. The average molecular weight is 206 g/mol. The quantitative estimate of drug-likeness (QED) is 0.790. The Hall–Kier alpha value is -1.62. The van der Waals surface area contributed by atoms with E-state index in [2.05, 4.69) is 20.7 Å². The third-order valence-corrected chi connectivity index (χ3v) is 2.67. The number of hydrogen-bond donors (Lipinski definition) is 2. The smallest absolute Gasteiger partial charge is 0.135 e. The lowest BCUT2D eigenvalue weighted by Gasteiger charge is -2.04. The molecule has 3 N–H and O–H groups in total. The fraction of sp³-hybridized carbons (Fsp3) is 0.111. The summed E-state index contributed by atoms with van der Waals surface area (Å²) < 4.78 is 0. The van der Waals surface area contributed by atoms with Crippen LogP contribution in [0.4, 0.5) is 17.3 Å². The van der Waals surface area contributed by atoms with E-state index in [-0.39, 0.29) is 0 Å². The summed E-state index contributed by atoms with van der Waals surface area (Å²) in [4.78, 5) is 7.88. The Kier molecular flexibility index (Phi) is 2.32. The molecule has 0 unspecified atom stereocenters. The molecule has 2 aromatic rings. The summed E-state index contributed by atoms with van der Waals surface area (Å²) in [6, 6.07) is 1.71. The number of nitrogen functional groups attached to an aromatic ring is 1. The van der Waals surface area contributed by atoms with Crippen LogP contribution in [0.3, 0.4) is 0 Å². The number of nitrogens with two attached hydrogens (primary N) is 1. The molecule has 0 saturated heterocycles. The molecule has 0 saturated carbocycles. The number of anilines is 3. The average Bonchev–Trinajstić information content (AvgIpc) is 2.52. The van der Waals surface area contributed by atoms with Crippen molar-refractivity contribution in [2.45, 2.75) is 6.92 Å². The zero-order chi connectivity index (χ0) is 9.97. The Morgan fingerprint density at radius 1 is 1.36 bits per heavy atom. The second kappa shape index (κ2) is 3.63. The van der Waals surface area contributed by atoms with E-state index < -0.39 is 0 Å². The molecule has 0 atom stereocenters. The molecule has 0 bridgehead atoms. The molecule has 0 radical (unpaired) electrons. The monoisotopic (exact) mass is 206 g/mol. The highest BCUT2D eigenvalue weighted by atomic mass is 32.1. The number of rotatable bonds is 2. The molecule has 0 fully saturated rings. The van der Waals surface area contributed by atoms with Crippen molar-refractivity contribution in [2.24, 2.45) is 0 Å². The van der Waals surface area contributed by atoms with E-state index in [4.69, 9.17) is 5.73 Å². The minimum absolute atomic E-state index is 0.468. The minimum Gasteiger partial charge on any atom is -0.384 e. The van der Waals surface area contributed by atoms with E-state index in [1.807, 2.05) is 12.3 Å². The predicted octanol–water partition coefficient (Wildman–Crippen LogP) is 2.17. The highest BCUT2D eigenvalue weighted by Gasteiger charge is 2.00. The summed E-state index contributed by atoms with van der Waals surface area (Å²) in [5.41, 5.74) is 7.80. The summed E-state index contributed by atoms with van der Waals surface area (Å²) >= 11 is 1.65. The van der Waals surface area contributed by atoms with Crippen LogP contribution in [0.1, 0.15) is 5.56 Å². The van der Waals surface area contributed by atoms with Crippen molar-refractivity contribution < 1.29 is 0 Å². The van der Waals surface area contributed by atoms with Crippen LogP contribution in [-0.4, -0.2) is 9.97 Å². The molecule has 0 aliphatic heterocycles. The number of aromatic nitrogens is 2. The Labute approximate surface area is 85.8 Å². The Morgan fingerprint density at radius 2 is 2.21 bits per heavy atom. The van der Waals surface area contributed by atoms with Gasteiger partial charge in [0.1, 0.15) is 18.0 Å². The van der Waals surface area contributed by atoms with Crippen molar-refractivity contribution in [1.29, 1.82) is 0 Å². The number of hydrogen-bond acceptors (Lipinski definition) is 5. The van der Waals surface area contributed by atoms with Crippen LogP contribution in [0.2, 0.25) is 0 Å². The van der Waals surface area contributed by atoms with Gasteiger partial charge in [-0.25, -0.2) is 9.97 Å². The van der Waals surface area contributed by atoms with Gasteiger partial charge >= 0.3 is 0 Å². The standard InChI is InChI=1S/C9H10N4S/c1-6-3-14-4-7(6)13-9-2-8(10)11-5-12-9/h2-5H,1H3,(H3,10,11,12,13). The highest BCUT2D eigenvalue weighted by Crippen LogP contribution is 2.22. The van der Waals surface area contributed by atoms with E-state index in [0.29, 0.717) is 5.82 Å². The molecule has 0 aliphatic carbocycles. The van der Waals surface area contributed by atoms with Crippen LogP contribution in [0.25, 0.3) is 0 Å². The number of nitrogens with one attached hydrogen (secondary N) is 1.